The van der Waals surface area contributed by atoms with E-state index in [0.29, 0.717) is 11.3 Å². The molecule has 1 atom stereocenters. The Bertz CT molecular complexity index is 1050. The predicted molar refractivity (Wildman–Crippen MR) is 96.2 cm³/mol. The SMILES string of the molecule is COc1cccc([C@H]2C(C#N)=C(N)Oc3ccc4ccccc4c32)c1. The number of nitrogens with two attached hydrogens (primary N) is 1. The summed E-state index contributed by atoms with van der Waals surface area (Å²) in [6.45, 7) is 0. The van der Waals surface area contributed by atoms with Gasteiger partial charge in [-0.3, -0.25) is 0 Å². The maximum atomic E-state index is 9.72. The van der Waals surface area contributed by atoms with Gasteiger partial charge in [-0.2, -0.15) is 5.26 Å². The average molecular weight is 328 g/mol. The van der Waals surface area contributed by atoms with Crippen LogP contribution in [0, 0.1) is 11.3 Å². The number of hydrogen-bond donors (Lipinski definition) is 1. The molecule has 3 aromatic rings. The van der Waals surface area contributed by atoms with Crippen molar-refractivity contribution in [2.24, 2.45) is 5.73 Å². The highest BCUT2D eigenvalue weighted by Gasteiger charge is 2.32. The van der Waals surface area contributed by atoms with Crippen LogP contribution >= 0.6 is 0 Å². The molecule has 3 aromatic carbocycles. The van der Waals surface area contributed by atoms with Gasteiger partial charge in [-0.15, -0.1) is 0 Å². The molecule has 25 heavy (non-hydrogen) atoms. The minimum Gasteiger partial charge on any atom is -0.497 e. The minimum atomic E-state index is -0.296. The van der Waals surface area contributed by atoms with Crippen molar-refractivity contribution in [3.05, 3.63) is 83.2 Å². The summed E-state index contributed by atoms with van der Waals surface area (Å²) in [7, 11) is 1.63. The van der Waals surface area contributed by atoms with Gasteiger partial charge in [0.25, 0.3) is 0 Å². The third-order valence-corrected chi connectivity index (χ3v) is 4.54. The molecule has 4 heteroatoms. The van der Waals surface area contributed by atoms with Crippen LogP contribution in [0.3, 0.4) is 0 Å². The molecule has 0 unspecified atom stereocenters. The van der Waals surface area contributed by atoms with Crippen LogP contribution < -0.4 is 15.2 Å². The number of methoxy groups -OCH3 is 1. The summed E-state index contributed by atoms with van der Waals surface area (Å²) in [5.74, 6) is 1.28. The van der Waals surface area contributed by atoms with E-state index in [-0.39, 0.29) is 11.8 Å². The van der Waals surface area contributed by atoms with Crippen LogP contribution in [-0.4, -0.2) is 7.11 Å². The Hall–Kier alpha value is -3.45. The van der Waals surface area contributed by atoms with E-state index < -0.39 is 0 Å². The molecule has 0 amide bonds. The van der Waals surface area contributed by atoms with Crippen molar-refractivity contribution >= 4 is 10.8 Å². The van der Waals surface area contributed by atoms with Crippen LogP contribution in [0.5, 0.6) is 11.5 Å². The van der Waals surface area contributed by atoms with Crippen molar-refractivity contribution in [1.29, 1.82) is 5.26 Å². The third kappa shape index (κ3) is 2.38. The molecule has 0 aromatic heterocycles. The maximum absolute atomic E-state index is 9.72. The molecule has 0 bridgehead atoms. The second kappa shape index (κ2) is 5.88. The predicted octanol–water partition coefficient (Wildman–Crippen LogP) is 4.07. The Morgan fingerprint density at radius 3 is 2.72 bits per heavy atom. The monoisotopic (exact) mass is 328 g/mol. The van der Waals surface area contributed by atoms with Crippen LogP contribution in [0.25, 0.3) is 10.8 Å². The van der Waals surface area contributed by atoms with Gasteiger partial charge < -0.3 is 15.2 Å². The van der Waals surface area contributed by atoms with E-state index in [4.69, 9.17) is 15.2 Å². The minimum absolute atomic E-state index is 0.151. The fraction of sp³-hybridized carbons (Fsp3) is 0.0952. The van der Waals surface area contributed by atoms with Crippen LogP contribution in [0.15, 0.2) is 72.1 Å². The smallest absolute Gasteiger partial charge is 0.205 e. The first-order valence-corrected chi connectivity index (χ1v) is 7.96. The molecule has 0 fully saturated rings. The van der Waals surface area contributed by atoms with E-state index in [1.54, 1.807) is 7.11 Å². The highest BCUT2D eigenvalue weighted by Crippen LogP contribution is 2.45. The fourth-order valence-corrected chi connectivity index (χ4v) is 3.40. The van der Waals surface area contributed by atoms with E-state index in [0.717, 1.165) is 27.6 Å². The van der Waals surface area contributed by atoms with Crippen LogP contribution in [-0.2, 0) is 0 Å². The molecule has 1 heterocycles. The lowest BCUT2D eigenvalue weighted by atomic mass is 9.81. The van der Waals surface area contributed by atoms with Gasteiger partial charge >= 0.3 is 0 Å². The Balaban J connectivity index is 2.04. The lowest BCUT2D eigenvalue weighted by Crippen LogP contribution is -2.21. The first-order chi connectivity index (χ1) is 12.2. The maximum Gasteiger partial charge on any atom is 0.205 e. The zero-order valence-corrected chi connectivity index (χ0v) is 13.7. The van der Waals surface area contributed by atoms with E-state index in [2.05, 4.69) is 6.07 Å². The van der Waals surface area contributed by atoms with E-state index >= 15 is 0 Å². The molecular formula is C21H16N2O2. The number of allylic oxidation sites excluding steroid dienone is 1. The summed E-state index contributed by atoms with van der Waals surface area (Å²) in [6, 6.07) is 21.9. The molecule has 0 spiro atoms. The van der Waals surface area contributed by atoms with E-state index in [1.807, 2.05) is 60.7 Å². The Labute approximate surface area is 145 Å². The van der Waals surface area contributed by atoms with Gasteiger partial charge in [-0.1, -0.05) is 42.5 Å². The molecule has 1 aliphatic heterocycles. The van der Waals surface area contributed by atoms with Gasteiger partial charge in [0.2, 0.25) is 5.88 Å². The average Bonchev–Trinajstić information content (AvgIpc) is 2.66. The lowest BCUT2D eigenvalue weighted by molar-refractivity contribution is 0.394. The highest BCUT2D eigenvalue weighted by atomic mass is 16.5. The summed E-state index contributed by atoms with van der Waals surface area (Å²) in [4.78, 5) is 0. The molecular weight excluding hydrogens is 312 g/mol. The van der Waals surface area contributed by atoms with Crippen molar-refractivity contribution in [3.63, 3.8) is 0 Å². The Kier molecular flexibility index (Phi) is 3.55. The molecule has 1 aliphatic rings. The number of nitriles is 1. The normalized spacial score (nSPS) is 16.1. The van der Waals surface area contributed by atoms with Crippen molar-refractivity contribution in [3.8, 4) is 17.6 Å². The Morgan fingerprint density at radius 2 is 1.92 bits per heavy atom. The summed E-state index contributed by atoms with van der Waals surface area (Å²) in [5.41, 5.74) is 8.36. The molecule has 4 rings (SSSR count). The number of ether oxygens (including phenoxy) is 2. The second-order valence-electron chi connectivity index (χ2n) is 5.90. The van der Waals surface area contributed by atoms with Crippen molar-refractivity contribution < 1.29 is 9.47 Å². The van der Waals surface area contributed by atoms with Crippen molar-refractivity contribution in [2.45, 2.75) is 5.92 Å². The second-order valence-corrected chi connectivity index (χ2v) is 5.90. The van der Waals surface area contributed by atoms with E-state index in [1.165, 1.54) is 0 Å². The molecule has 0 saturated heterocycles. The first kappa shape index (κ1) is 15.1. The van der Waals surface area contributed by atoms with Crippen molar-refractivity contribution in [2.75, 3.05) is 7.11 Å². The summed E-state index contributed by atoms with van der Waals surface area (Å²) < 4.78 is 11.1. The van der Waals surface area contributed by atoms with Gasteiger partial charge in [-0.05, 0) is 34.5 Å². The number of benzene rings is 3. The first-order valence-electron chi connectivity index (χ1n) is 7.96. The van der Waals surface area contributed by atoms with Gasteiger partial charge in [0.05, 0.1) is 13.0 Å². The molecule has 122 valence electrons. The quantitative estimate of drug-likeness (QED) is 0.770. The van der Waals surface area contributed by atoms with Gasteiger partial charge in [0, 0.05) is 5.56 Å². The largest absolute Gasteiger partial charge is 0.497 e. The molecule has 0 saturated carbocycles. The van der Waals surface area contributed by atoms with Crippen LogP contribution in [0.4, 0.5) is 0 Å². The summed E-state index contributed by atoms with van der Waals surface area (Å²) in [5, 5.41) is 11.9. The van der Waals surface area contributed by atoms with Crippen LogP contribution in [0.2, 0.25) is 0 Å². The third-order valence-electron chi connectivity index (χ3n) is 4.54. The molecule has 0 aliphatic carbocycles. The lowest BCUT2D eigenvalue weighted by Gasteiger charge is -2.28. The van der Waals surface area contributed by atoms with Crippen molar-refractivity contribution in [1.82, 2.24) is 0 Å². The number of rotatable bonds is 2. The van der Waals surface area contributed by atoms with Crippen LogP contribution in [0.1, 0.15) is 17.0 Å². The zero-order valence-electron chi connectivity index (χ0n) is 13.7. The molecule has 0 radical (unpaired) electrons. The summed E-state index contributed by atoms with van der Waals surface area (Å²) in [6.07, 6.45) is 0. The Morgan fingerprint density at radius 1 is 1.08 bits per heavy atom. The van der Waals surface area contributed by atoms with Gasteiger partial charge in [0.15, 0.2) is 0 Å². The number of hydrogen-bond acceptors (Lipinski definition) is 4. The molecule has 2 N–H and O–H groups in total. The molecule has 4 nitrogen and oxygen atoms in total. The highest BCUT2D eigenvalue weighted by molar-refractivity contribution is 5.90. The summed E-state index contributed by atoms with van der Waals surface area (Å²) >= 11 is 0. The zero-order chi connectivity index (χ0) is 17.4. The fourth-order valence-electron chi connectivity index (χ4n) is 3.40. The topological polar surface area (TPSA) is 68.3 Å². The van der Waals surface area contributed by atoms with E-state index in [9.17, 15) is 5.26 Å². The number of fused-ring (bicyclic) bond motifs is 3. The number of nitrogens with zero attached hydrogens (tertiary/aromatic N) is 1. The standard InChI is InChI=1S/C21H16N2O2/c1-24-15-7-4-6-14(11-15)19-17(12-22)21(23)25-18-10-9-13-5-2-3-8-16(13)20(18)19/h2-11,19H,23H2,1H3/t19-/m0/s1. The van der Waals surface area contributed by atoms with Gasteiger partial charge in [-0.25, -0.2) is 0 Å². The van der Waals surface area contributed by atoms with Gasteiger partial charge in [0.1, 0.15) is 23.1 Å².